The van der Waals surface area contributed by atoms with Gasteiger partial charge >= 0.3 is 5.97 Å². The molecular formula is C15H21NO4. The standard InChI is InChI=1S/C15H21NO4/c1-5-16(10-14(17)20-6-2)15(18)12-8-7-11(3)13(9-12)19-4/h7-9H,5-6,10H2,1-4H3. The first-order chi connectivity index (χ1) is 9.53. The van der Waals surface area contributed by atoms with E-state index in [2.05, 4.69) is 0 Å². The minimum absolute atomic E-state index is 0.0423. The molecule has 0 saturated heterocycles. The largest absolute Gasteiger partial charge is 0.496 e. The number of benzene rings is 1. The summed E-state index contributed by atoms with van der Waals surface area (Å²) in [6.45, 7) is 6.17. The van der Waals surface area contributed by atoms with E-state index < -0.39 is 5.97 Å². The molecule has 0 aliphatic rings. The van der Waals surface area contributed by atoms with E-state index in [4.69, 9.17) is 9.47 Å². The van der Waals surface area contributed by atoms with Crippen LogP contribution in [0.25, 0.3) is 0 Å². The predicted octanol–water partition coefficient (Wildman–Crippen LogP) is 2.03. The van der Waals surface area contributed by atoms with Crippen LogP contribution in [-0.2, 0) is 9.53 Å². The maximum Gasteiger partial charge on any atom is 0.325 e. The Morgan fingerprint density at radius 3 is 2.50 bits per heavy atom. The molecule has 1 rings (SSSR count). The number of rotatable bonds is 6. The number of ether oxygens (including phenoxy) is 2. The zero-order valence-electron chi connectivity index (χ0n) is 12.4. The van der Waals surface area contributed by atoms with Gasteiger partial charge in [-0.05, 0) is 38.5 Å². The van der Waals surface area contributed by atoms with Crippen molar-refractivity contribution >= 4 is 11.9 Å². The molecule has 0 N–H and O–H groups in total. The third-order valence-electron chi connectivity index (χ3n) is 2.95. The molecule has 1 amide bonds. The summed E-state index contributed by atoms with van der Waals surface area (Å²) in [4.78, 5) is 25.3. The molecule has 0 heterocycles. The molecule has 5 heteroatoms. The minimum atomic E-state index is -0.401. The Morgan fingerprint density at radius 1 is 1.25 bits per heavy atom. The smallest absolute Gasteiger partial charge is 0.325 e. The first-order valence-corrected chi connectivity index (χ1v) is 6.63. The average molecular weight is 279 g/mol. The van der Waals surface area contributed by atoms with Crippen LogP contribution in [0.4, 0.5) is 0 Å². The van der Waals surface area contributed by atoms with E-state index in [-0.39, 0.29) is 12.5 Å². The van der Waals surface area contributed by atoms with Crippen molar-refractivity contribution in [1.29, 1.82) is 0 Å². The van der Waals surface area contributed by atoms with E-state index >= 15 is 0 Å². The Hall–Kier alpha value is -2.04. The molecule has 0 aromatic heterocycles. The molecule has 110 valence electrons. The van der Waals surface area contributed by atoms with Crippen molar-refractivity contribution in [1.82, 2.24) is 4.90 Å². The Morgan fingerprint density at radius 2 is 1.95 bits per heavy atom. The summed E-state index contributed by atoms with van der Waals surface area (Å²) in [5, 5.41) is 0. The van der Waals surface area contributed by atoms with Crippen LogP contribution < -0.4 is 4.74 Å². The zero-order chi connectivity index (χ0) is 15.1. The van der Waals surface area contributed by atoms with Gasteiger partial charge in [0.1, 0.15) is 12.3 Å². The molecule has 0 unspecified atom stereocenters. The second-order valence-electron chi connectivity index (χ2n) is 4.31. The maximum absolute atomic E-state index is 12.4. The fraction of sp³-hybridized carbons (Fsp3) is 0.467. The molecule has 0 atom stereocenters. The molecule has 0 saturated carbocycles. The van der Waals surface area contributed by atoms with Crippen LogP contribution in [0.15, 0.2) is 18.2 Å². The minimum Gasteiger partial charge on any atom is -0.496 e. The summed E-state index contributed by atoms with van der Waals surface area (Å²) in [6.07, 6.45) is 0. The molecule has 0 bridgehead atoms. The van der Waals surface area contributed by atoms with E-state index in [1.807, 2.05) is 19.9 Å². The molecule has 0 radical (unpaired) electrons. The normalized spacial score (nSPS) is 10.0. The van der Waals surface area contributed by atoms with Crippen molar-refractivity contribution in [3.05, 3.63) is 29.3 Å². The van der Waals surface area contributed by atoms with E-state index in [1.54, 1.807) is 26.2 Å². The van der Waals surface area contributed by atoms with Crippen LogP contribution in [0, 0.1) is 6.92 Å². The molecular weight excluding hydrogens is 258 g/mol. The molecule has 0 aliphatic carbocycles. The topological polar surface area (TPSA) is 55.8 Å². The lowest BCUT2D eigenvalue weighted by Gasteiger charge is -2.20. The van der Waals surface area contributed by atoms with E-state index in [1.165, 1.54) is 4.90 Å². The van der Waals surface area contributed by atoms with E-state index in [9.17, 15) is 9.59 Å². The van der Waals surface area contributed by atoms with Crippen LogP contribution in [0.2, 0.25) is 0 Å². The monoisotopic (exact) mass is 279 g/mol. The highest BCUT2D eigenvalue weighted by Crippen LogP contribution is 2.20. The van der Waals surface area contributed by atoms with Gasteiger partial charge < -0.3 is 14.4 Å². The zero-order valence-corrected chi connectivity index (χ0v) is 12.4. The van der Waals surface area contributed by atoms with Crippen LogP contribution in [-0.4, -0.2) is 43.6 Å². The Bertz CT molecular complexity index is 485. The first kappa shape index (κ1) is 16.0. The van der Waals surface area contributed by atoms with Gasteiger partial charge in [-0.25, -0.2) is 0 Å². The van der Waals surface area contributed by atoms with Crippen molar-refractivity contribution in [2.75, 3.05) is 26.8 Å². The summed E-state index contributed by atoms with van der Waals surface area (Å²) in [5.41, 5.74) is 1.45. The number of methoxy groups -OCH3 is 1. The number of esters is 1. The Kier molecular flexibility index (Phi) is 6.03. The van der Waals surface area contributed by atoms with Crippen molar-refractivity contribution in [3.8, 4) is 5.75 Å². The van der Waals surface area contributed by atoms with Crippen molar-refractivity contribution < 1.29 is 19.1 Å². The quantitative estimate of drug-likeness (QED) is 0.748. The number of hydrogen-bond donors (Lipinski definition) is 0. The number of nitrogens with zero attached hydrogens (tertiary/aromatic N) is 1. The van der Waals surface area contributed by atoms with Crippen molar-refractivity contribution in [2.24, 2.45) is 0 Å². The lowest BCUT2D eigenvalue weighted by molar-refractivity contribution is -0.143. The van der Waals surface area contributed by atoms with Gasteiger partial charge in [0, 0.05) is 12.1 Å². The lowest BCUT2D eigenvalue weighted by Crippen LogP contribution is -2.36. The van der Waals surface area contributed by atoms with E-state index in [0.29, 0.717) is 24.5 Å². The van der Waals surface area contributed by atoms with Crippen LogP contribution in [0.5, 0.6) is 5.75 Å². The highest BCUT2D eigenvalue weighted by atomic mass is 16.5. The number of likely N-dealkylation sites (N-methyl/N-ethyl adjacent to an activating group) is 1. The third-order valence-corrected chi connectivity index (χ3v) is 2.95. The van der Waals surface area contributed by atoms with E-state index in [0.717, 1.165) is 5.56 Å². The highest BCUT2D eigenvalue weighted by molar-refractivity contribution is 5.96. The van der Waals surface area contributed by atoms with Crippen LogP contribution in [0.1, 0.15) is 29.8 Å². The summed E-state index contributed by atoms with van der Waals surface area (Å²) in [5.74, 6) is 0.0451. The summed E-state index contributed by atoms with van der Waals surface area (Å²) >= 11 is 0. The molecule has 20 heavy (non-hydrogen) atoms. The molecule has 5 nitrogen and oxygen atoms in total. The predicted molar refractivity (Wildman–Crippen MR) is 75.9 cm³/mol. The van der Waals surface area contributed by atoms with Gasteiger partial charge in [-0.15, -0.1) is 0 Å². The van der Waals surface area contributed by atoms with Crippen LogP contribution in [0.3, 0.4) is 0 Å². The number of hydrogen-bond acceptors (Lipinski definition) is 4. The van der Waals surface area contributed by atoms with Crippen LogP contribution >= 0.6 is 0 Å². The van der Waals surface area contributed by atoms with Gasteiger partial charge in [-0.2, -0.15) is 0 Å². The van der Waals surface area contributed by atoms with Crippen molar-refractivity contribution in [3.63, 3.8) is 0 Å². The summed E-state index contributed by atoms with van der Waals surface area (Å²) in [6, 6.07) is 5.24. The SMILES string of the molecule is CCOC(=O)CN(CC)C(=O)c1ccc(C)c(OC)c1. The summed E-state index contributed by atoms with van der Waals surface area (Å²) < 4.78 is 10.1. The van der Waals surface area contributed by atoms with Gasteiger partial charge in [0.25, 0.3) is 5.91 Å². The molecule has 0 spiro atoms. The molecule has 1 aromatic carbocycles. The third kappa shape index (κ3) is 3.98. The number of amides is 1. The lowest BCUT2D eigenvalue weighted by atomic mass is 10.1. The summed E-state index contributed by atoms with van der Waals surface area (Å²) in [7, 11) is 1.56. The highest BCUT2D eigenvalue weighted by Gasteiger charge is 2.18. The average Bonchev–Trinajstić information content (AvgIpc) is 2.45. The van der Waals surface area contributed by atoms with Gasteiger partial charge in [0.05, 0.1) is 13.7 Å². The Labute approximate surface area is 119 Å². The number of carbonyl (C=O) groups is 2. The maximum atomic E-state index is 12.4. The van der Waals surface area contributed by atoms with Gasteiger partial charge in [0.15, 0.2) is 0 Å². The van der Waals surface area contributed by atoms with Gasteiger partial charge in [-0.3, -0.25) is 9.59 Å². The molecule has 1 aromatic rings. The fourth-order valence-electron chi connectivity index (χ4n) is 1.83. The fourth-order valence-corrected chi connectivity index (χ4v) is 1.83. The van der Waals surface area contributed by atoms with Gasteiger partial charge in [0.2, 0.25) is 0 Å². The number of aryl methyl sites for hydroxylation is 1. The number of carbonyl (C=O) groups excluding carboxylic acids is 2. The second kappa shape index (κ2) is 7.53. The first-order valence-electron chi connectivity index (χ1n) is 6.63. The molecule has 0 fully saturated rings. The van der Waals surface area contributed by atoms with Crippen molar-refractivity contribution in [2.45, 2.75) is 20.8 Å². The second-order valence-corrected chi connectivity index (χ2v) is 4.31. The van der Waals surface area contributed by atoms with Gasteiger partial charge in [-0.1, -0.05) is 6.07 Å². The molecule has 0 aliphatic heterocycles. The Balaban J connectivity index is 2.88.